The highest BCUT2D eigenvalue weighted by atomic mass is 32.2. The molecular weight excluding hydrogens is 348 g/mol. The second-order valence-corrected chi connectivity index (χ2v) is 6.89. The zero-order valence-electron chi connectivity index (χ0n) is 13.0. The zero-order chi connectivity index (χ0) is 16.9. The Labute approximate surface area is 147 Å². The molecule has 3 rings (SSSR count). The van der Waals surface area contributed by atoms with E-state index < -0.39 is 5.97 Å². The van der Waals surface area contributed by atoms with Crippen molar-refractivity contribution < 1.29 is 14.3 Å². The highest BCUT2D eigenvalue weighted by molar-refractivity contribution is 8.04. The third-order valence-electron chi connectivity index (χ3n) is 3.27. The number of hydrogen-bond donors (Lipinski definition) is 0. The molecule has 0 atom stereocenters. The number of nitrogens with zero attached hydrogens (tertiary/aromatic N) is 4. The van der Waals surface area contributed by atoms with Crippen LogP contribution in [0.1, 0.15) is 6.92 Å². The molecule has 1 fully saturated rings. The molecule has 0 unspecified atom stereocenters. The first-order valence-corrected chi connectivity index (χ1v) is 9.40. The Morgan fingerprint density at radius 3 is 3.17 bits per heavy atom. The SMILES string of the molecule is CCOC(=O)/C=C1\SCC(=O)N1CCSc1nnc2ccccn12. The van der Waals surface area contributed by atoms with Gasteiger partial charge in [0.2, 0.25) is 5.91 Å². The maximum Gasteiger partial charge on any atom is 0.333 e. The number of carbonyl (C=O) groups excluding carboxylic acids is 2. The van der Waals surface area contributed by atoms with Crippen molar-refractivity contribution in [2.75, 3.05) is 24.7 Å². The number of esters is 1. The van der Waals surface area contributed by atoms with Gasteiger partial charge in [0.15, 0.2) is 10.8 Å². The van der Waals surface area contributed by atoms with E-state index in [0.717, 1.165) is 10.8 Å². The zero-order valence-corrected chi connectivity index (χ0v) is 14.7. The van der Waals surface area contributed by atoms with Gasteiger partial charge in [-0.3, -0.25) is 9.20 Å². The van der Waals surface area contributed by atoms with E-state index in [-0.39, 0.29) is 5.91 Å². The summed E-state index contributed by atoms with van der Waals surface area (Å²) in [5, 5.41) is 9.66. The van der Waals surface area contributed by atoms with Gasteiger partial charge in [0.25, 0.3) is 0 Å². The summed E-state index contributed by atoms with van der Waals surface area (Å²) >= 11 is 2.88. The predicted octanol–water partition coefficient (Wildman–Crippen LogP) is 1.80. The van der Waals surface area contributed by atoms with Gasteiger partial charge in [-0.1, -0.05) is 29.6 Å². The minimum Gasteiger partial charge on any atom is -0.463 e. The number of thioether (sulfide) groups is 2. The van der Waals surface area contributed by atoms with Crippen LogP contribution in [0.3, 0.4) is 0 Å². The molecule has 0 aliphatic carbocycles. The van der Waals surface area contributed by atoms with Gasteiger partial charge < -0.3 is 9.64 Å². The standard InChI is InChI=1S/C15H16N4O3S2/c1-2-22-14(21)9-13-19(12(20)10-24-13)7-8-23-15-17-16-11-5-3-4-6-18(11)15/h3-6,9H,2,7-8,10H2,1H3/b13-9-. The van der Waals surface area contributed by atoms with Crippen molar-refractivity contribution in [2.45, 2.75) is 12.1 Å². The van der Waals surface area contributed by atoms with Crippen LogP contribution in [0, 0.1) is 0 Å². The van der Waals surface area contributed by atoms with Crippen molar-refractivity contribution in [3.63, 3.8) is 0 Å². The lowest BCUT2D eigenvalue weighted by Crippen LogP contribution is -2.27. The van der Waals surface area contributed by atoms with Gasteiger partial charge in [-0.2, -0.15) is 0 Å². The number of pyridine rings is 1. The lowest BCUT2D eigenvalue weighted by molar-refractivity contribution is -0.137. The maximum atomic E-state index is 12.0. The van der Waals surface area contributed by atoms with Crippen molar-refractivity contribution in [2.24, 2.45) is 0 Å². The molecule has 3 heterocycles. The molecule has 0 radical (unpaired) electrons. The molecule has 0 bridgehead atoms. The molecule has 1 aliphatic heterocycles. The topological polar surface area (TPSA) is 76.8 Å². The van der Waals surface area contributed by atoms with Crippen LogP contribution >= 0.6 is 23.5 Å². The van der Waals surface area contributed by atoms with Crippen LogP contribution in [-0.4, -0.2) is 56.0 Å². The molecule has 126 valence electrons. The smallest absolute Gasteiger partial charge is 0.333 e. The van der Waals surface area contributed by atoms with Crippen LogP contribution in [-0.2, 0) is 14.3 Å². The molecule has 7 nitrogen and oxygen atoms in total. The van der Waals surface area contributed by atoms with Crippen molar-refractivity contribution >= 4 is 41.0 Å². The fourth-order valence-electron chi connectivity index (χ4n) is 2.20. The summed E-state index contributed by atoms with van der Waals surface area (Å²) in [6.45, 7) is 2.57. The Hall–Kier alpha value is -2.00. The molecule has 9 heteroatoms. The number of carbonyl (C=O) groups is 2. The first kappa shape index (κ1) is 16.8. The van der Waals surface area contributed by atoms with E-state index in [1.807, 2.05) is 28.8 Å². The summed E-state index contributed by atoms with van der Waals surface area (Å²) in [6, 6.07) is 5.71. The quantitative estimate of drug-likeness (QED) is 0.439. The Kier molecular flexibility index (Phi) is 5.41. The fourth-order valence-corrected chi connectivity index (χ4v) is 4.00. The third kappa shape index (κ3) is 3.73. The summed E-state index contributed by atoms with van der Waals surface area (Å²) in [5.41, 5.74) is 0.788. The lowest BCUT2D eigenvalue weighted by atomic mass is 10.5. The number of aromatic nitrogens is 3. The van der Waals surface area contributed by atoms with Gasteiger partial charge in [0, 0.05) is 18.5 Å². The van der Waals surface area contributed by atoms with E-state index in [9.17, 15) is 9.59 Å². The minimum atomic E-state index is -0.421. The molecule has 24 heavy (non-hydrogen) atoms. The van der Waals surface area contributed by atoms with E-state index in [0.29, 0.717) is 29.7 Å². The second-order valence-electron chi connectivity index (χ2n) is 4.83. The van der Waals surface area contributed by atoms with Gasteiger partial charge in [-0.15, -0.1) is 10.2 Å². The maximum absolute atomic E-state index is 12.0. The molecule has 2 aromatic heterocycles. The Morgan fingerprint density at radius 2 is 2.33 bits per heavy atom. The van der Waals surface area contributed by atoms with Crippen LogP contribution in [0.5, 0.6) is 0 Å². The van der Waals surface area contributed by atoms with E-state index in [2.05, 4.69) is 10.2 Å². The molecule has 2 aromatic rings. The Balaban J connectivity index is 1.62. The van der Waals surface area contributed by atoms with E-state index in [1.54, 1.807) is 11.8 Å². The number of ether oxygens (including phenoxy) is 1. The molecule has 1 saturated heterocycles. The molecule has 1 aliphatic rings. The average Bonchev–Trinajstić information content (AvgIpc) is 3.13. The average molecular weight is 364 g/mol. The van der Waals surface area contributed by atoms with Crippen molar-refractivity contribution in [1.82, 2.24) is 19.5 Å². The van der Waals surface area contributed by atoms with Crippen molar-refractivity contribution in [3.05, 3.63) is 35.5 Å². The highest BCUT2D eigenvalue weighted by Crippen LogP contribution is 2.29. The largest absolute Gasteiger partial charge is 0.463 e. The summed E-state index contributed by atoms with van der Waals surface area (Å²) < 4.78 is 6.81. The molecule has 0 N–H and O–H groups in total. The van der Waals surface area contributed by atoms with Gasteiger partial charge in [0.1, 0.15) is 0 Å². The van der Waals surface area contributed by atoms with Crippen LogP contribution in [0.25, 0.3) is 5.65 Å². The number of amides is 1. The van der Waals surface area contributed by atoms with E-state index >= 15 is 0 Å². The second kappa shape index (κ2) is 7.71. The van der Waals surface area contributed by atoms with Crippen LogP contribution in [0.4, 0.5) is 0 Å². The fraction of sp³-hybridized carbons (Fsp3) is 0.333. The predicted molar refractivity (Wildman–Crippen MR) is 92.6 cm³/mol. The van der Waals surface area contributed by atoms with E-state index in [1.165, 1.54) is 29.6 Å². The molecule has 1 amide bonds. The van der Waals surface area contributed by atoms with Crippen LogP contribution in [0.2, 0.25) is 0 Å². The Morgan fingerprint density at radius 1 is 1.46 bits per heavy atom. The summed E-state index contributed by atoms with van der Waals surface area (Å²) in [6.07, 6.45) is 3.29. The Bertz CT molecular complexity index is 790. The highest BCUT2D eigenvalue weighted by Gasteiger charge is 2.27. The number of hydrogen-bond acceptors (Lipinski definition) is 7. The molecule has 0 spiro atoms. The summed E-state index contributed by atoms with van der Waals surface area (Å²) in [4.78, 5) is 25.2. The van der Waals surface area contributed by atoms with Crippen LogP contribution < -0.4 is 0 Å². The van der Waals surface area contributed by atoms with Gasteiger partial charge in [0.05, 0.1) is 23.5 Å². The van der Waals surface area contributed by atoms with Gasteiger partial charge in [-0.05, 0) is 19.1 Å². The van der Waals surface area contributed by atoms with Gasteiger partial charge in [-0.25, -0.2) is 4.79 Å². The number of rotatable bonds is 6. The molecule has 0 aromatic carbocycles. The summed E-state index contributed by atoms with van der Waals surface area (Å²) in [7, 11) is 0. The van der Waals surface area contributed by atoms with Crippen molar-refractivity contribution in [3.8, 4) is 0 Å². The molecule has 0 saturated carbocycles. The van der Waals surface area contributed by atoms with E-state index in [4.69, 9.17) is 4.74 Å². The minimum absolute atomic E-state index is 0.00208. The first-order valence-electron chi connectivity index (χ1n) is 7.43. The monoisotopic (exact) mass is 364 g/mol. The van der Waals surface area contributed by atoms with Crippen molar-refractivity contribution in [1.29, 1.82) is 0 Å². The lowest BCUT2D eigenvalue weighted by Gasteiger charge is -2.16. The molecular formula is C15H16N4O3S2. The van der Waals surface area contributed by atoms with Crippen LogP contribution in [0.15, 0.2) is 40.7 Å². The van der Waals surface area contributed by atoms with Gasteiger partial charge >= 0.3 is 5.97 Å². The normalized spacial score (nSPS) is 16.3. The number of fused-ring (bicyclic) bond motifs is 1. The third-order valence-corrected chi connectivity index (χ3v) is 5.22. The first-order chi connectivity index (χ1) is 11.7. The summed E-state index contributed by atoms with van der Waals surface area (Å²) in [5.74, 6) is 0.587.